The molecule has 2 aliphatic heterocycles. The van der Waals surface area contributed by atoms with Gasteiger partial charge in [0.1, 0.15) is 25.3 Å². The van der Waals surface area contributed by atoms with Crippen molar-refractivity contribution in [2.75, 3.05) is 26.3 Å². The molecule has 0 aromatic heterocycles. The molecule has 8 nitrogen and oxygen atoms in total. The van der Waals surface area contributed by atoms with E-state index in [1.807, 2.05) is 0 Å². The third-order valence-corrected chi connectivity index (χ3v) is 10.5. The van der Waals surface area contributed by atoms with E-state index in [1.54, 1.807) is 0 Å². The van der Waals surface area contributed by atoms with E-state index in [-0.39, 0.29) is 69.2 Å². The SMILES string of the molecule is O=C(COC1CCC(C(F)(F)F)NC1)NC12CCC(NC(=O)COC3CNC(C(F)(F)F)CC3C3CCCCC3)(CC1)C2. The Kier molecular flexibility index (Phi) is 9.90. The maximum absolute atomic E-state index is 13.5. The number of alkyl halides is 6. The molecule has 0 aromatic rings. The molecule has 0 aromatic carbocycles. The van der Waals surface area contributed by atoms with Crippen LogP contribution in [0.5, 0.6) is 0 Å². The van der Waals surface area contributed by atoms with Crippen LogP contribution in [0.2, 0.25) is 0 Å². The number of carbonyl (C=O) groups is 2. The van der Waals surface area contributed by atoms with Crippen LogP contribution in [0.15, 0.2) is 0 Å². The van der Waals surface area contributed by atoms with Crippen LogP contribution in [0.25, 0.3) is 0 Å². The molecular formula is C29H44F6N4O4. The average molecular weight is 627 g/mol. The number of halogens is 6. The zero-order valence-corrected chi connectivity index (χ0v) is 24.4. The molecule has 0 radical (unpaired) electrons. The summed E-state index contributed by atoms with van der Waals surface area (Å²) in [4.78, 5) is 25.7. The Morgan fingerprint density at radius 1 is 0.721 bits per heavy atom. The fraction of sp³-hybridized carbons (Fsp3) is 0.931. The van der Waals surface area contributed by atoms with Gasteiger partial charge in [-0.2, -0.15) is 26.3 Å². The number of amides is 2. The van der Waals surface area contributed by atoms with Gasteiger partial charge in [0.05, 0.1) is 12.2 Å². The van der Waals surface area contributed by atoms with Gasteiger partial charge in [-0.25, -0.2) is 0 Å². The Morgan fingerprint density at radius 3 is 1.81 bits per heavy atom. The van der Waals surface area contributed by atoms with E-state index >= 15 is 0 Å². The molecule has 0 spiro atoms. The third kappa shape index (κ3) is 8.15. The molecule has 2 saturated heterocycles. The Morgan fingerprint density at radius 2 is 1.28 bits per heavy atom. The maximum atomic E-state index is 13.5. The predicted molar refractivity (Wildman–Crippen MR) is 144 cm³/mol. The van der Waals surface area contributed by atoms with Gasteiger partial charge in [-0.05, 0) is 63.2 Å². The van der Waals surface area contributed by atoms with Gasteiger partial charge < -0.3 is 30.7 Å². The summed E-state index contributed by atoms with van der Waals surface area (Å²) >= 11 is 0. The summed E-state index contributed by atoms with van der Waals surface area (Å²) in [6.07, 6.45) is -1.34. The van der Waals surface area contributed by atoms with Crippen LogP contribution in [0.1, 0.15) is 83.5 Å². The first-order chi connectivity index (χ1) is 20.3. The summed E-state index contributed by atoms with van der Waals surface area (Å²) in [6, 6.07) is -3.11. The lowest BCUT2D eigenvalue weighted by Crippen LogP contribution is -2.56. The summed E-state index contributed by atoms with van der Waals surface area (Å²) in [5.41, 5.74) is -0.962. The second-order valence-electron chi connectivity index (χ2n) is 13.5. The largest absolute Gasteiger partial charge is 0.403 e. The molecule has 5 aliphatic rings. The van der Waals surface area contributed by atoms with Crippen LogP contribution in [0.4, 0.5) is 26.3 Å². The number of fused-ring (bicyclic) bond motifs is 2. The zero-order chi connectivity index (χ0) is 30.9. The van der Waals surface area contributed by atoms with Gasteiger partial charge in [-0.1, -0.05) is 32.1 Å². The number of nitrogens with one attached hydrogen (secondary N) is 4. The van der Waals surface area contributed by atoms with Crippen molar-refractivity contribution in [1.82, 2.24) is 21.3 Å². The third-order valence-electron chi connectivity index (χ3n) is 10.5. The molecule has 5 atom stereocenters. The van der Waals surface area contributed by atoms with Gasteiger partial charge >= 0.3 is 12.4 Å². The molecule has 5 fully saturated rings. The lowest BCUT2D eigenvalue weighted by Gasteiger charge is -2.42. The van der Waals surface area contributed by atoms with Crippen LogP contribution in [0.3, 0.4) is 0 Å². The van der Waals surface area contributed by atoms with Crippen molar-refractivity contribution < 1.29 is 45.4 Å². The number of hydrogen-bond donors (Lipinski definition) is 4. The van der Waals surface area contributed by atoms with Crippen LogP contribution < -0.4 is 21.3 Å². The molecule has 246 valence electrons. The molecule has 2 heterocycles. The van der Waals surface area contributed by atoms with Crippen molar-refractivity contribution in [3.05, 3.63) is 0 Å². The number of carbonyl (C=O) groups excluding carboxylic acids is 2. The van der Waals surface area contributed by atoms with Gasteiger partial charge in [-0.15, -0.1) is 0 Å². The summed E-state index contributed by atoms with van der Waals surface area (Å²) in [7, 11) is 0. The van der Waals surface area contributed by atoms with Gasteiger partial charge in [0.15, 0.2) is 0 Å². The average Bonchev–Trinajstić information content (AvgIpc) is 3.49. The van der Waals surface area contributed by atoms with Gasteiger partial charge in [0, 0.05) is 24.2 Å². The second kappa shape index (κ2) is 13.0. The lowest BCUT2D eigenvalue weighted by molar-refractivity contribution is -0.177. The number of rotatable bonds is 9. The van der Waals surface area contributed by atoms with E-state index in [0.29, 0.717) is 32.1 Å². The van der Waals surface area contributed by atoms with Gasteiger partial charge in [0.25, 0.3) is 0 Å². The van der Waals surface area contributed by atoms with Gasteiger partial charge in [-0.3, -0.25) is 9.59 Å². The zero-order valence-electron chi connectivity index (χ0n) is 24.4. The van der Waals surface area contributed by atoms with Crippen LogP contribution >= 0.6 is 0 Å². The fourth-order valence-electron chi connectivity index (χ4n) is 8.25. The molecule has 5 unspecified atom stereocenters. The molecule has 2 bridgehead atoms. The smallest absolute Gasteiger partial charge is 0.367 e. The number of ether oxygens (including phenoxy) is 2. The summed E-state index contributed by atoms with van der Waals surface area (Å²) < 4.78 is 90.5. The topological polar surface area (TPSA) is 101 Å². The standard InChI is InChI=1S/C29H44F6N4O4/c30-28(31,32)22-7-6-19(13-36-22)42-15-24(40)38-26-8-10-27(17-26,11-9-26)39-25(41)16-43-21-14-37-23(29(33,34)35)12-20(21)18-4-2-1-3-5-18/h18-23,36-37H,1-17H2,(H,38,40)(H,39,41). The highest BCUT2D eigenvalue weighted by molar-refractivity contribution is 5.79. The minimum absolute atomic E-state index is 0.0288. The molecule has 3 saturated carbocycles. The van der Waals surface area contributed by atoms with Crippen molar-refractivity contribution >= 4 is 11.8 Å². The van der Waals surface area contributed by atoms with E-state index in [1.165, 1.54) is 0 Å². The van der Waals surface area contributed by atoms with Gasteiger partial charge in [0.2, 0.25) is 11.8 Å². The van der Waals surface area contributed by atoms with Crippen LogP contribution in [-0.2, 0) is 19.1 Å². The summed E-state index contributed by atoms with van der Waals surface area (Å²) in [5.74, 6) is -0.732. The molecular weight excluding hydrogens is 582 g/mol. The monoisotopic (exact) mass is 626 g/mol. The van der Waals surface area contributed by atoms with Crippen molar-refractivity contribution in [2.45, 2.75) is 131 Å². The molecule has 4 N–H and O–H groups in total. The predicted octanol–water partition coefficient (Wildman–Crippen LogP) is 3.88. The molecule has 3 aliphatic carbocycles. The molecule has 14 heteroatoms. The van der Waals surface area contributed by atoms with Crippen molar-refractivity contribution in [3.8, 4) is 0 Å². The first-order valence-electron chi connectivity index (χ1n) is 15.7. The van der Waals surface area contributed by atoms with Crippen molar-refractivity contribution in [2.24, 2.45) is 11.8 Å². The van der Waals surface area contributed by atoms with Crippen LogP contribution in [0, 0.1) is 11.8 Å². The highest BCUT2D eigenvalue weighted by Gasteiger charge is 2.56. The molecule has 5 rings (SSSR count). The van der Waals surface area contributed by atoms with Crippen molar-refractivity contribution in [1.29, 1.82) is 0 Å². The highest BCUT2D eigenvalue weighted by atomic mass is 19.4. The molecule has 43 heavy (non-hydrogen) atoms. The first-order valence-corrected chi connectivity index (χ1v) is 15.7. The Hall–Kier alpha value is -1.64. The number of piperidine rings is 2. The van der Waals surface area contributed by atoms with E-state index in [4.69, 9.17) is 9.47 Å². The Balaban J connectivity index is 1.06. The first kappa shape index (κ1) is 32.7. The maximum Gasteiger partial charge on any atom is 0.403 e. The van der Waals surface area contributed by atoms with E-state index in [0.717, 1.165) is 32.1 Å². The summed E-state index contributed by atoms with van der Waals surface area (Å²) in [6.45, 7) is -0.390. The van der Waals surface area contributed by atoms with Crippen LogP contribution in [-0.4, -0.2) is 85.8 Å². The second-order valence-corrected chi connectivity index (χ2v) is 13.5. The minimum atomic E-state index is -4.32. The minimum Gasteiger partial charge on any atom is -0.367 e. The Labute approximate surface area is 248 Å². The van der Waals surface area contributed by atoms with E-state index in [9.17, 15) is 35.9 Å². The number of hydrogen-bond acceptors (Lipinski definition) is 6. The quantitative estimate of drug-likeness (QED) is 0.290. The lowest BCUT2D eigenvalue weighted by atomic mass is 9.73. The summed E-state index contributed by atoms with van der Waals surface area (Å²) in [5, 5.41) is 11.2. The molecule has 2 amide bonds. The fourth-order valence-corrected chi connectivity index (χ4v) is 8.25. The highest BCUT2D eigenvalue weighted by Crippen LogP contribution is 2.50. The Bertz CT molecular complexity index is 973. The van der Waals surface area contributed by atoms with E-state index in [2.05, 4.69) is 21.3 Å². The van der Waals surface area contributed by atoms with E-state index < -0.39 is 47.7 Å². The normalized spacial score (nSPS) is 37.3. The van der Waals surface area contributed by atoms with Crippen molar-refractivity contribution in [3.63, 3.8) is 0 Å².